The molecule has 0 aromatic heterocycles. The summed E-state index contributed by atoms with van der Waals surface area (Å²) in [4.78, 5) is 12.2. The van der Waals surface area contributed by atoms with Crippen LogP contribution in [0.15, 0.2) is 23.1 Å². The van der Waals surface area contributed by atoms with Gasteiger partial charge in [0.1, 0.15) is 6.07 Å². The highest BCUT2D eigenvalue weighted by atomic mass is 32.2. The SMILES string of the molecule is CCSc1cccc(NC2CCCC2C(=O)O)c1C#N. The number of hydrogen-bond acceptors (Lipinski definition) is 4. The third-order valence-electron chi connectivity index (χ3n) is 3.61. The van der Waals surface area contributed by atoms with Crippen LogP contribution < -0.4 is 5.32 Å². The minimum Gasteiger partial charge on any atom is -0.481 e. The Kier molecular flexibility index (Phi) is 4.91. The molecular formula is C15H18N2O2S. The molecule has 106 valence electrons. The van der Waals surface area contributed by atoms with E-state index in [1.54, 1.807) is 11.8 Å². The lowest BCUT2D eigenvalue weighted by Crippen LogP contribution is -2.30. The third kappa shape index (κ3) is 3.07. The molecule has 20 heavy (non-hydrogen) atoms. The highest BCUT2D eigenvalue weighted by Crippen LogP contribution is 2.32. The molecule has 0 bridgehead atoms. The predicted molar refractivity (Wildman–Crippen MR) is 79.9 cm³/mol. The van der Waals surface area contributed by atoms with E-state index in [1.807, 2.05) is 25.1 Å². The molecule has 0 aliphatic heterocycles. The molecule has 0 radical (unpaired) electrons. The number of nitrogens with one attached hydrogen (secondary N) is 1. The van der Waals surface area contributed by atoms with Gasteiger partial charge in [-0.3, -0.25) is 4.79 Å². The monoisotopic (exact) mass is 290 g/mol. The summed E-state index contributed by atoms with van der Waals surface area (Å²) in [5.74, 6) is -0.208. The third-order valence-corrected chi connectivity index (χ3v) is 4.55. The fourth-order valence-corrected chi connectivity index (χ4v) is 3.46. The van der Waals surface area contributed by atoms with Gasteiger partial charge in [-0.05, 0) is 30.7 Å². The quantitative estimate of drug-likeness (QED) is 0.814. The van der Waals surface area contributed by atoms with Gasteiger partial charge in [0.15, 0.2) is 0 Å². The van der Waals surface area contributed by atoms with Crippen molar-refractivity contribution >= 4 is 23.4 Å². The fourth-order valence-electron chi connectivity index (χ4n) is 2.67. The normalized spacial score (nSPS) is 21.4. The molecule has 2 N–H and O–H groups in total. The fraction of sp³-hybridized carbons (Fsp3) is 0.467. The Balaban J connectivity index is 2.23. The van der Waals surface area contributed by atoms with Crippen LogP contribution in [0.3, 0.4) is 0 Å². The number of carboxylic acid groups (broad SMARTS) is 1. The van der Waals surface area contributed by atoms with E-state index in [-0.39, 0.29) is 12.0 Å². The largest absolute Gasteiger partial charge is 0.481 e. The smallest absolute Gasteiger partial charge is 0.308 e. The Morgan fingerprint density at radius 1 is 1.55 bits per heavy atom. The molecule has 1 aliphatic rings. The molecule has 4 nitrogen and oxygen atoms in total. The van der Waals surface area contributed by atoms with Crippen molar-refractivity contribution in [1.29, 1.82) is 5.26 Å². The first kappa shape index (κ1) is 14.7. The van der Waals surface area contributed by atoms with Crippen molar-refractivity contribution in [3.8, 4) is 6.07 Å². The highest BCUT2D eigenvalue weighted by Gasteiger charge is 2.33. The Hall–Kier alpha value is -1.67. The number of hydrogen-bond donors (Lipinski definition) is 2. The Bertz CT molecular complexity index is 539. The van der Waals surface area contributed by atoms with E-state index in [2.05, 4.69) is 11.4 Å². The van der Waals surface area contributed by atoms with Gasteiger partial charge in [0, 0.05) is 10.9 Å². The van der Waals surface area contributed by atoms with Gasteiger partial charge in [-0.15, -0.1) is 11.8 Å². The maximum atomic E-state index is 11.2. The van der Waals surface area contributed by atoms with E-state index in [4.69, 9.17) is 0 Å². The predicted octanol–water partition coefficient (Wildman–Crippen LogP) is 3.34. The first-order chi connectivity index (χ1) is 9.67. The van der Waals surface area contributed by atoms with E-state index in [0.29, 0.717) is 12.0 Å². The van der Waals surface area contributed by atoms with Gasteiger partial charge in [-0.1, -0.05) is 19.4 Å². The summed E-state index contributed by atoms with van der Waals surface area (Å²) >= 11 is 1.63. The van der Waals surface area contributed by atoms with Crippen LogP contribution in [0, 0.1) is 17.2 Å². The minimum atomic E-state index is -0.752. The summed E-state index contributed by atoms with van der Waals surface area (Å²) in [6.45, 7) is 2.04. The maximum Gasteiger partial charge on any atom is 0.308 e. The summed E-state index contributed by atoms with van der Waals surface area (Å²) < 4.78 is 0. The van der Waals surface area contributed by atoms with Crippen LogP contribution in [0.25, 0.3) is 0 Å². The van der Waals surface area contributed by atoms with Gasteiger partial charge in [0.05, 0.1) is 17.2 Å². The van der Waals surface area contributed by atoms with Crippen molar-refractivity contribution in [3.05, 3.63) is 23.8 Å². The minimum absolute atomic E-state index is 0.0820. The second-order valence-corrected chi connectivity index (χ2v) is 6.16. The van der Waals surface area contributed by atoms with E-state index >= 15 is 0 Å². The zero-order valence-corrected chi connectivity index (χ0v) is 12.2. The van der Waals surface area contributed by atoms with Crippen molar-refractivity contribution in [2.75, 3.05) is 11.1 Å². The topological polar surface area (TPSA) is 73.1 Å². The van der Waals surface area contributed by atoms with Crippen LogP contribution in [0.4, 0.5) is 5.69 Å². The zero-order chi connectivity index (χ0) is 14.5. The van der Waals surface area contributed by atoms with Crippen molar-refractivity contribution in [2.45, 2.75) is 37.1 Å². The molecule has 2 unspecified atom stereocenters. The molecule has 1 aliphatic carbocycles. The number of rotatable bonds is 5. The lowest BCUT2D eigenvalue weighted by atomic mass is 10.0. The Labute approximate surface area is 123 Å². The average Bonchev–Trinajstić information content (AvgIpc) is 2.88. The van der Waals surface area contributed by atoms with Crippen LogP contribution >= 0.6 is 11.8 Å². The lowest BCUT2D eigenvalue weighted by Gasteiger charge is -2.20. The number of nitriles is 1. The summed E-state index contributed by atoms with van der Waals surface area (Å²) in [5, 5.41) is 21.8. The number of carboxylic acids is 1. The number of carbonyl (C=O) groups is 1. The van der Waals surface area contributed by atoms with Gasteiger partial charge in [-0.25, -0.2) is 0 Å². The first-order valence-electron chi connectivity index (χ1n) is 6.82. The van der Waals surface area contributed by atoms with Gasteiger partial charge in [0.2, 0.25) is 0 Å². The van der Waals surface area contributed by atoms with Crippen molar-refractivity contribution in [3.63, 3.8) is 0 Å². The molecule has 0 heterocycles. The molecule has 1 aromatic carbocycles. The average molecular weight is 290 g/mol. The van der Waals surface area contributed by atoms with Crippen LogP contribution in [-0.2, 0) is 4.79 Å². The Morgan fingerprint density at radius 3 is 3.00 bits per heavy atom. The van der Waals surface area contributed by atoms with Crippen LogP contribution in [0.5, 0.6) is 0 Å². The van der Waals surface area contributed by atoms with Crippen LogP contribution in [-0.4, -0.2) is 22.9 Å². The second kappa shape index (κ2) is 6.67. The number of nitrogens with zero attached hydrogens (tertiary/aromatic N) is 1. The molecule has 1 fully saturated rings. The summed E-state index contributed by atoms with van der Waals surface area (Å²) in [7, 11) is 0. The van der Waals surface area contributed by atoms with Crippen LogP contribution in [0.2, 0.25) is 0 Å². The van der Waals surface area contributed by atoms with E-state index < -0.39 is 5.97 Å². The summed E-state index contributed by atoms with van der Waals surface area (Å²) in [6, 6.07) is 7.85. The van der Waals surface area contributed by atoms with Gasteiger partial charge < -0.3 is 10.4 Å². The second-order valence-electron chi connectivity index (χ2n) is 4.85. The molecule has 1 aromatic rings. The van der Waals surface area contributed by atoms with Crippen molar-refractivity contribution < 1.29 is 9.90 Å². The zero-order valence-electron chi connectivity index (χ0n) is 11.4. The molecule has 1 saturated carbocycles. The van der Waals surface area contributed by atoms with Crippen molar-refractivity contribution in [2.24, 2.45) is 5.92 Å². The van der Waals surface area contributed by atoms with E-state index in [1.165, 1.54) is 0 Å². The molecule has 5 heteroatoms. The molecule has 2 atom stereocenters. The molecule has 0 spiro atoms. The van der Waals surface area contributed by atoms with Gasteiger partial charge >= 0.3 is 5.97 Å². The molecule has 2 rings (SSSR count). The lowest BCUT2D eigenvalue weighted by molar-refractivity contribution is -0.141. The molecule has 0 saturated heterocycles. The number of benzene rings is 1. The van der Waals surface area contributed by atoms with Gasteiger partial charge in [0.25, 0.3) is 0 Å². The molecule has 0 amide bonds. The Morgan fingerprint density at radius 2 is 2.35 bits per heavy atom. The summed E-state index contributed by atoms with van der Waals surface area (Å²) in [6.07, 6.45) is 2.46. The van der Waals surface area contributed by atoms with Crippen molar-refractivity contribution in [1.82, 2.24) is 0 Å². The molecular weight excluding hydrogens is 272 g/mol. The number of anilines is 1. The first-order valence-corrected chi connectivity index (χ1v) is 7.81. The van der Waals surface area contributed by atoms with E-state index in [0.717, 1.165) is 29.2 Å². The van der Waals surface area contributed by atoms with Crippen LogP contribution in [0.1, 0.15) is 31.7 Å². The maximum absolute atomic E-state index is 11.2. The van der Waals surface area contributed by atoms with E-state index in [9.17, 15) is 15.2 Å². The number of thioether (sulfide) groups is 1. The standard InChI is InChI=1S/C15H18N2O2S/c1-2-20-14-8-4-7-13(11(14)9-16)17-12-6-3-5-10(12)15(18)19/h4,7-8,10,12,17H,2-3,5-6H2,1H3,(H,18,19). The summed E-state index contributed by atoms with van der Waals surface area (Å²) in [5.41, 5.74) is 1.37. The highest BCUT2D eigenvalue weighted by molar-refractivity contribution is 7.99. The van der Waals surface area contributed by atoms with Gasteiger partial charge in [-0.2, -0.15) is 5.26 Å². The number of aliphatic carboxylic acids is 1.